The van der Waals surface area contributed by atoms with Crippen molar-refractivity contribution >= 4 is 17.6 Å². The number of aromatic nitrogens is 3. The van der Waals surface area contributed by atoms with Crippen molar-refractivity contribution in [3.05, 3.63) is 77.4 Å². The summed E-state index contributed by atoms with van der Waals surface area (Å²) in [4.78, 5) is 15.1. The largest absolute Gasteiger partial charge is 0.496 e. The fourth-order valence-electron chi connectivity index (χ4n) is 3.64. The van der Waals surface area contributed by atoms with Crippen LogP contribution in [0.2, 0.25) is 0 Å². The number of nitrogens with zero attached hydrogens (tertiary/aromatic N) is 4. The molecule has 148 valence electrons. The van der Waals surface area contributed by atoms with E-state index in [0.29, 0.717) is 12.1 Å². The molecule has 0 saturated heterocycles. The molecule has 0 fully saturated rings. The van der Waals surface area contributed by atoms with E-state index in [4.69, 9.17) is 4.74 Å². The predicted molar refractivity (Wildman–Crippen MR) is 112 cm³/mol. The number of aryl methyl sites for hydroxylation is 1. The Morgan fingerprint density at radius 3 is 2.69 bits per heavy atom. The highest BCUT2D eigenvalue weighted by Crippen LogP contribution is 2.26. The lowest BCUT2D eigenvalue weighted by atomic mass is 10.0. The van der Waals surface area contributed by atoms with E-state index in [2.05, 4.69) is 14.8 Å². The van der Waals surface area contributed by atoms with Gasteiger partial charge in [0, 0.05) is 31.1 Å². The molecular formula is C23H24N4O2. The Morgan fingerprint density at radius 1 is 1.14 bits per heavy atom. The zero-order chi connectivity index (χ0) is 20.2. The molecule has 1 amide bonds. The first-order chi connectivity index (χ1) is 14.2. The zero-order valence-corrected chi connectivity index (χ0v) is 16.7. The maximum absolute atomic E-state index is 13.4. The smallest absolute Gasteiger partial charge is 0.254 e. The quantitative estimate of drug-likeness (QED) is 0.479. The summed E-state index contributed by atoms with van der Waals surface area (Å²) in [6, 6.07) is 17.4. The number of carbonyl (C=O) groups is 1. The molecule has 0 unspecified atom stereocenters. The third kappa shape index (κ3) is 3.92. The van der Waals surface area contributed by atoms with Gasteiger partial charge in [-0.2, -0.15) is 0 Å². The number of rotatable bonds is 6. The molecule has 0 N–H and O–H groups in total. The van der Waals surface area contributed by atoms with Crippen LogP contribution in [0.25, 0.3) is 11.6 Å². The monoisotopic (exact) mass is 388 g/mol. The summed E-state index contributed by atoms with van der Waals surface area (Å²) in [5.41, 5.74) is 2.33. The van der Waals surface area contributed by atoms with Crippen LogP contribution in [0.3, 0.4) is 0 Å². The molecule has 4 rings (SSSR count). The van der Waals surface area contributed by atoms with E-state index in [1.807, 2.05) is 60.7 Å². The number of likely N-dealkylation sites (N-methyl/N-ethyl adjacent to an activating group) is 1. The van der Waals surface area contributed by atoms with Crippen molar-refractivity contribution in [2.45, 2.75) is 25.9 Å². The van der Waals surface area contributed by atoms with Crippen LogP contribution in [0.1, 0.15) is 29.2 Å². The number of carbonyl (C=O) groups excluding carboxylic acids is 1. The highest BCUT2D eigenvalue weighted by atomic mass is 16.5. The molecule has 1 aromatic heterocycles. The second kappa shape index (κ2) is 8.31. The zero-order valence-electron chi connectivity index (χ0n) is 16.7. The Labute approximate surface area is 170 Å². The average molecular weight is 388 g/mol. The van der Waals surface area contributed by atoms with Gasteiger partial charge in [0.05, 0.1) is 13.7 Å². The fourth-order valence-corrected chi connectivity index (χ4v) is 3.64. The van der Waals surface area contributed by atoms with Gasteiger partial charge in [-0.05, 0) is 24.1 Å². The van der Waals surface area contributed by atoms with E-state index in [-0.39, 0.29) is 5.91 Å². The number of hydrogen-bond acceptors (Lipinski definition) is 4. The van der Waals surface area contributed by atoms with Crippen LogP contribution in [0.4, 0.5) is 0 Å². The molecule has 0 aliphatic carbocycles. The third-order valence-electron chi connectivity index (χ3n) is 5.17. The minimum absolute atomic E-state index is 0.0718. The lowest BCUT2D eigenvalue weighted by Crippen LogP contribution is -2.28. The first-order valence-electron chi connectivity index (χ1n) is 9.74. The number of hydrogen-bond donors (Lipinski definition) is 0. The first kappa shape index (κ1) is 18.9. The first-order valence-corrected chi connectivity index (χ1v) is 9.74. The van der Waals surface area contributed by atoms with Crippen LogP contribution in [-0.4, -0.2) is 39.7 Å². The number of benzene rings is 2. The molecule has 3 aromatic rings. The predicted octanol–water partition coefficient (Wildman–Crippen LogP) is 3.43. The van der Waals surface area contributed by atoms with Crippen molar-refractivity contribution in [1.82, 2.24) is 19.7 Å². The van der Waals surface area contributed by atoms with Gasteiger partial charge in [0.2, 0.25) is 0 Å². The molecule has 1 aliphatic rings. The second-order valence-electron chi connectivity index (χ2n) is 7.11. The molecule has 0 radical (unpaired) electrons. The van der Waals surface area contributed by atoms with E-state index in [0.717, 1.165) is 47.9 Å². The van der Waals surface area contributed by atoms with Gasteiger partial charge in [0.15, 0.2) is 5.82 Å². The summed E-state index contributed by atoms with van der Waals surface area (Å²) in [7, 11) is 3.44. The van der Waals surface area contributed by atoms with E-state index >= 15 is 0 Å². The van der Waals surface area contributed by atoms with Crippen molar-refractivity contribution in [1.29, 1.82) is 0 Å². The van der Waals surface area contributed by atoms with Gasteiger partial charge in [-0.15, -0.1) is 10.2 Å². The second-order valence-corrected chi connectivity index (χ2v) is 7.11. The van der Waals surface area contributed by atoms with Gasteiger partial charge < -0.3 is 14.2 Å². The minimum Gasteiger partial charge on any atom is -0.496 e. The topological polar surface area (TPSA) is 60.2 Å². The Morgan fingerprint density at radius 2 is 1.90 bits per heavy atom. The van der Waals surface area contributed by atoms with Crippen LogP contribution >= 0.6 is 0 Å². The molecule has 0 saturated carbocycles. The number of ether oxygens (including phenoxy) is 1. The highest BCUT2D eigenvalue weighted by Gasteiger charge is 2.22. The summed E-state index contributed by atoms with van der Waals surface area (Å²) in [5.74, 6) is 2.50. The van der Waals surface area contributed by atoms with Crippen molar-refractivity contribution in [2.75, 3.05) is 14.2 Å². The van der Waals surface area contributed by atoms with Crippen molar-refractivity contribution in [3.8, 4) is 5.75 Å². The molecular weight excluding hydrogens is 364 g/mol. The van der Waals surface area contributed by atoms with Gasteiger partial charge in [0.25, 0.3) is 5.91 Å². The summed E-state index contributed by atoms with van der Waals surface area (Å²) in [5, 5.41) is 8.53. The number of fused-ring (bicyclic) bond motifs is 1. The Hall–Kier alpha value is -3.41. The highest BCUT2D eigenvalue weighted by molar-refractivity contribution is 6.24. The fraction of sp³-hybridized carbons (Fsp3) is 0.261. The number of methoxy groups -OCH3 is 1. The van der Waals surface area contributed by atoms with E-state index < -0.39 is 0 Å². The lowest BCUT2D eigenvalue weighted by Gasteiger charge is -2.19. The maximum Gasteiger partial charge on any atom is 0.254 e. The summed E-state index contributed by atoms with van der Waals surface area (Å²) >= 11 is 0. The van der Waals surface area contributed by atoms with Crippen molar-refractivity contribution in [3.63, 3.8) is 0 Å². The Balaban J connectivity index is 1.67. The molecule has 1 aliphatic heterocycles. The van der Waals surface area contributed by atoms with E-state index in [1.54, 1.807) is 19.1 Å². The Bertz CT molecular complexity index is 1040. The van der Waals surface area contributed by atoms with Gasteiger partial charge in [-0.3, -0.25) is 4.79 Å². The Kier molecular flexibility index (Phi) is 5.42. The summed E-state index contributed by atoms with van der Waals surface area (Å²) < 4.78 is 7.59. The molecule has 6 heteroatoms. The molecule has 0 bridgehead atoms. The van der Waals surface area contributed by atoms with Gasteiger partial charge >= 0.3 is 0 Å². The SMILES string of the molecule is COc1ccccc1/C=C(/C(=O)N(C)Cc1nnc2n1CCC2)c1ccccc1. The normalized spacial score (nSPS) is 13.2. The van der Waals surface area contributed by atoms with Crippen molar-refractivity contribution in [2.24, 2.45) is 0 Å². The molecule has 0 atom stereocenters. The van der Waals surface area contributed by atoms with Gasteiger partial charge in [-0.25, -0.2) is 0 Å². The molecule has 0 spiro atoms. The van der Waals surface area contributed by atoms with Crippen LogP contribution in [0.5, 0.6) is 5.75 Å². The van der Waals surface area contributed by atoms with Gasteiger partial charge in [0.1, 0.15) is 11.6 Å². The molecule has 2 aromatic carbocycles. The van der Waals surface area contributed by atoms with Crippen LogP contribution in [0, 0.1) is 0 Å². The number of para-hydroxylation sites is 1. The molecule has 2 heterocycles. The molecule has 29 heavy (non-hydrogen) atoms. The minimum atomic E-state index is -0.0718. The van der Waals surface area contributed by atoms with Gasteiger partial charge in [-0.1, -0.05) is 48.5 Å². The van der Waals surface area contributed by atoms with Crippen LogP contribution < -0.4 is 4.74 Å². The van der Waals surface area contributed by atoms with Crippen LogP contribution in [0.15, 0.2) is 54.6 Å². The maximum atomic E-state index is 13.4. The standard InChI is InChI=1S/C23H24N4O2/c1-26(16-22-25-24-21-13-8-14-27(21)22)23(28)19(17-9-4-3-5-10-17)15-18-11-6-7-12-20(18)29-2/h3-7,9-12,15H,8,13-14,16H2,1-2H3/b19-15+. The molecule has 6 nitrogen and oxygen atoms in total. The number of amides is 1. The van der Waals surface area contributed by atoms with Crippen LogP contribution in [-0.2, 0) is 24.3 Å². The summed E-state index contributed by atoms with van der Waals surface area (Å²) in [6.45, 7) is 1.34. The van der Waals surface area contributed by atoms with E-state index in [1.165, 1.54) is 0 Å². The van der Waals surface area contributed by atoms with E-state index in [9.17, 15) is 4.79 Å². The third-order valence-corrected chi connectivity index (χ3v) is 5.17. The van der Waals surface area contributed by atoms with Crippen molar-refractivity contribution < 1.29 is 9.53 Å². The summed E-state index contributed by atoms with van der Waals surface area (Å²) in [6.07, 6.45) is 3.92. The average Bonchev–Trinajstić information content (AvgIpc) is 3.37. The lowest BCUT2D eigenvalue weighted by molar-refractivity contribution is -0.124.